The van der Waals surface area contributed by atoms with E-state index in [1.54, 1.807) is 0 Å². The highest BCUT2D eigenvalue weighted by atomic mass is 35.5. The Bertz CT molecular complexity index is 452. The van der Waals surface area contributed by atoms with Gasteiger partial charge in [-0.3, -0.25) is 10.1 Å². The Kier molecular flexibility index (Phi) is 3.16. The minimum absolute atomic E-state index is 0.0172. The molecule has 17 heavy (non-hydrogen) atoms. The first-order valence-electron chi connectivity index (χ1n) is 5.00. The topological polar surface area (TPSA) is 75.4 Å². The molecule has 0 bridgehead atoms. The summed E-state index contributed by atoms with van der Waals surface area (Å²) in [6.07, 6.45) is 1.65. The maximum atomic E-state index is 10.6. The molecule has 2 rings (SSSR count). The smallest absolute Gasteiger partial charge is 0.272 e. The second-order valence-corrected chi connectivity index (χ2v) is 4.92. The number of rotatable bonds is 4. The first kappa shape index (κ1) is 12.4. The van der Waals surface area contributed by atoms with Crippen molar-refractivity contribution in [2.75, 3.05) is 11.9 Å². The predicted molar refractivity (Wildman–Crippen MR) is 65.8 cm³/mol. The van der Waals surface area contributed by atoms with Crippen LogP contribution in [0.1, 0.15) is 12.8 Å². The molecule has 0 spiro atoms. The van der Waals surface area contributed by atoms with Gasteiger partial charge in [0.15, 0.2) is 0 Å². The Hall–Kier alpha value is -1.04. The molecule has 0 saturated heterocycles. The van der Waals surface area contributed by atoms with Crippen LogP contribution >= 0.6 is 23.2 Å². The number of aliphatic hydroxyl groups excluding tert-OH is 1. The summed E-state index contributed by atoms with van der Waals surface area (Å²) < 4.78 is 0. The third-order valence-corrected chi connectivity index (χ3v) is 3.38. The van der Waals surface area contributed by atoms with Crippen LogP contribution in [0.15, 0.2) is 12.1 Å². The Labute approximate surface area is 107 Å². The van der Waals surface area contributed by atoms with E-state index < -0.39 is 4.92 Å². The number of nitro groups is 1. The molecule has 1 aromatic carbocycles. The highest BCUT2D eigenvalue weighted by molar-refractivity contribution is 6.39. The molecule has 0 radical (unpaired) electrons. The third kappa shape index (κ3) is 2.46. The Morgan fingerprint density at radius 1 is 1.41 bits per heavy atom. The van der Waals surface area contributed by atoms with Crippen LogP contribution in [0.4, 0.5) is 11.4 Å². The summed E-state index contributed by atoms with van der Waals surface area (Å²) in [5, 5.41) is 23.2. The van der Waals surface area contributed by atoms with E-state index in [-0.39, 0.29) is 27.9 Å². The van der Waals surface area contributed by atoms with E-state index in [4.69, 9.17) is 23.2 Å². The average molecular weight is 277 g/mol. The second kappa shape index (κ2) is 4.33. The summed E-state index contributed by atoms with van der Waals surface area (Å²) in [4.78, 5) is 10.0. The van der Waals surface area contributed by atoms with Crippen molar-refractivity contribution in [1.82, 2.24) is 0 Å². The molecule has 2 N–H and O–H groups in total. The number of non-ortho nitro benzene ring substituents is 1. The predicted octanol–water partition coefficient (Wildman–Crippen LogP) is 2.84. The Morgan fingerprint density at radius 2 is 1.94 bits per heavy atom. The number of benzene rings is 1. The zero-order valence-electron chi connectivity index (χ0n) is 8.74. The Morgan fingerprint density at radius 3 is 2.29 bits per heavy atom. The second-order valence-electron chi connectivity index (χ2n) is 4.10. The number of hydrogen-bond donors (Lipinski definition) is 2. The number of nitrogens with zero attached hydrogens (tertiary/aromatic N) is 1. The van der Waals surface area contributed by atoms with Crippen molar-refractivity contribution in [3.05, 3.63) is 32.3 Å². The van der Waals surface area contributed by atoms with Gasteiger partial charge in [0.2, 0.25) is 0 Å². The van der Waals surface area contributed by atoms with E-state index >= 15 is 0 Å². The minimum atomic E-state index is -0.555. The van der Waals surface area contributed by atoms with Crippen LogP contribution in [0.25, 0.3) is 0 Å². The SMILES string of the molecule is O=[N+]([O-])c1cc(Cl)c(NC2(CO)CC2)c(Cl)c1. The molecule has 5 nitrogen and oxygen atoms in total. The van der Waals surface area contributed by atoms with Gasteiger partial charge in [0.25, 0.3) is 5.69 Å². The minimum Gasteiger partial charge on any atom is -0.394 e. The number of nitro benzene ring substituents is 1. The molecule has 1 aliphatic rings. The van der Waals surface area contributed by atoms with Gasteiger partial charge in [-0.2, -0.15) is 0 Å². The van der Waals surface area contributed by atoms with Crippen molar-refractivity contribution < 1.29 is 10.0 Å². The van der Waals surface area contributed by atoms with E-state index in [0.717, 1.165) is 12.8 Å². The van der Waals surface area contributed by atoms with Crippen LogP contribution in [0.2, 0.25) is 10.0 Å². The van der Waals surface area contributed by atoms with Gasteiger partial charge in [-0.1, -0.05) is 23.2 Å². The molecule has 7 heteroatoms. The van der Waals surface area contributed by atoms with Gasteiger partial charge in [-0.25, -0.2) is 0 Å². The quantitative estimate of drug-likeness (QED) is 0.655. The van der Waals surface area contributed by atoms with Crippen molar-refractivity contribution in [2.24, 2.45) is 0 Å². The lowest BCUT2D eigenvalue weighted by molar-refractivity contribution is -0.384. The highest BCUT2D eigenvalue weighted by Gasteiger charge is 2.42. The third-order valence-electron chi connectivity index (χ3n) is 2.78. The van der Waals surface area contributed by atoms with Crippen molar-refractivity contribution >= 4 is 34.6 Å². The molecular weight excluding hydrogens is 267 g/mol. The molecule has 92 valence electrons. The van der Waals surface area contributed by atoms with Gasteiger partial charge in [0, 0.05) is 12.1 Å². The molecular formula is C10H10Cl2N2O3. The normalized spacial score (nSPS) is 16.6. The number of anilines is 1. The first-order valence-corrected chi connectivity index (χ1v) is 5.75. The van der Waals surface area contributed by atoms with Crippen LogP contribution in [0.3, 0.4) is 0 Å². The van der Waals surface area contributed by atoms with Crippen LogP contribution < -0.4 is 5.32 Å². The lowest BCUT2D eigenvalue weighted by Gasteiger charge is -2.18. The number of hydrogen-bond acceptors (Lipinski definition) is 4. The maximum Gasteiger partial charge on any atom is 0.272 e. The van der Waals surface area contributed by atoms with Crippen LogP contribution in [0.5, 0.6) is 0 Å². The summed E-state index contributed by atoms with van der Waals surface area (Å²) in [5.74, 6) is 0. The Balaban J connectivity index is 2.32. The molecule has 1 fully saturated rings. The van der Waals surface area contributed by atoms with Crippen molar-refractivity contribution in [1.29, 1.82) is 0 Å². The van der Waals surface area contributed by atoms with E-state index in [1.807, 2.05) is 0 Å². The van der Waals surface area contributed by atoms with Gasteiger partial charge in [-0.05, 0) is 12.8 Å². The van der Waals surface area contributed by atoms with Gasteiger partial charge in [0.1, 0.15) is 0 Å². The summed E-state index contributed by atoms with van der Waals surface area (Å²) in [6, 6.07) is 2.48. The molecule has 0 unspecified atom stereocenters. The maximum absolute atomic E-state index is 10.6. The number of aliphatic hydroxyl groups is 1. The van der Waals surface area contributed by atoms with Crippen molar-refractivity contribution in [3.8, 4) is 0 Å². The number of nitrogens with one attached hydrogen (secondary N) is 1. The standard InChI is InChI=1S/C10H10Cl2N2O3/c11-7-3-6(14(16)17)4-8(12)9(7)13-10(5-15)1-2-10/h3-4,13,15H,1-2,5H2. The lowest BCUT2D eigenvalue weighted by Crippen LogP contribution is -2.25. The summed E-state index contributed by atoms with van der Waals surface area (Å²) >= 11 is 11.9. The largest absolute Gasteiger partial charge is 0.394 e. The monoisotopic (exact) mass is 276 g/mol. The van der Waals surface area contributed by atoms with Crippen LogP contribution in [0, 0.1) is 10.1 Å². The fraction of sp³-hybridized carbons (Fsp3) is 0.400. The van der Waals surface area contributed by atoms with E-state index in [1.165, 1.54) is 12.1 Å². The molecule has 0 aliphatic heterocycles. The first-order chi connectivity index (χ1) is 7.97. The van der Waals surface area contributed by atoms with Gasteiger partial charge in [0.05, 0.1) is 32.8 Å². The molecule has 0 amide bonds. The lowest BCUT2D eigenvalue weighted by atomic mass is 10.2. The van der Waals surface area contributed by atoms with Gasteiger partial charge in [-0.15, -0.1) is 0 Å². The van der Waals surface area contributed by atoms with Gasteiger partial charge < -0.3 is 10.4 Å². The van der Waals surface area contributed by atoms with E-state index in [2.05, 4.69) is 5.32 Å². The summed E-state index contributed by atoms with van der Waals surface area (Å²) in [5.41, 5.74) is -0.0893. The average Bonchev–Trinajstić information content (AvgIpc) is 3.03. The van der Waals surface area contributed by atoms with Crippen molar-refractivity contribution in [3.63, 3.8) is 0 Å². The molecule has 0 atom stereocenters. The van der Waals surface area contributed by atoms with E-state index in [9.17, 15) is 15.2 Å². The zero-order chi connectivity index (χ0) is 12.6. The molecule has 1 saturated carbocycles. The summed E-state index contributed by atoms with van der Waals surface area (Å²) in [6.45, 7) is -0.0172. The molecule has 0 heterocycles. The summed E-state index contributed by atoms with van der Waals surface area (Å²) in [7, 11) is 0. The fourth-order valence-electron chi connectivity index (χ4n) is 1.52. The zero-order valence-corrected chi connectivity index (χ0v) is 10.3. The van der Waals surface area contributed by atoms with Gasteiger partial charge >= 0.3 is 0 Å². The van der Waals surface area contributed by atoms with Crippen molar-refractivity contribution in [2.45, 2.75) is 18.4 Å². The fourth-order valence-corrected chi connectivity index (χ4v) is 2.09. The highest BCUT2D eigenvalue weighted by Crippen LogP contribution is 2.43. The van der Waals surface area contributed by atoms with Crippen LogP contribution in [-0.4, -0.2) is 22.2 Å². The molecule has 0 aromatic heterocycles. The van der Waals surface area contributed by atoms with E-state index in [0.29, 0.717) is 5.69 Å². The molecule has 1 aliphatic carbocycles. The number of halogens is 2. The molecule has 1 aromatic rings. The van der Waals surface area contributed by atoms with Crippen LogP contribution in [-0.2, 0) is 0 Å².